The van der Waals surface area contributed by atoms with Gasteiger partial charge < -0.3 is 10.8 Å². The van der Waals surface area contributed by atoms with E-state index in [1.54, 1.807) is 0 Å². The minimum atomic E-state index is -4.28. The number of nitrogens with zero attached hydrogens (tertiary/aromatic N) is 1. The molecule has 0 aromatic rings. The molecule has 0 amide bonds. The quantitative estimate of drug-likeness (QED) is 0.781. The van der Waals surface area contributed by atoms with Gasteiger partial charge in [-0.15, -0.1) is 0 Å². The first-order valence-corrected chi connectivity index (χ1v) is 6.06. The van der Waals surface area contributed by atoms with Gasteiger partial charge in [-0.25, -0.2) is 0 Å². The molecule has 17 heavy (non-hydrogen) atoms. The standard InChI is InChI=1S/C11H21F3N2O/c1-8(15)10(11(12,13)14)16-6-2-4-9(16)5-3-7-17/h8-10,17H,2-7,15H2,1H3. The van der Waals surface area contributed by atoms with Gasteiger partial charge in [0.05, 0.1) is 0 Å². The fourth-order valence-electron chi connectivity index (χ4n) is 2.65. The Hall–Kier alpha value is -0.330. The van der Waals surface area contributed by atoms with Gasteiger partial charge >= 0.3 is 6.18 Å². The van der Waals surface area contributed by atoms with Crippen molar-refractivity contribution in [2.24, 2.45) is 5.73 Å². The summed E-state index contributed by atoms with van der Waals surface area (Å²) in [6, 6.07) is -2.59. The molecule has 1 rings (SSSR count). The molecule has 0 spiro atoms. The Balaban J connectivity index is 2.72. The molecule has 1 heterocycles. The molecule has 6 heteroatoms. The van der Waals surface area contributed by atoms with E-state index in [4.69, 9.17) is 10.8 Å². The molecule has 3 nitrogen and oxygen atoms in total. The van der Waals surface area contributed by atoms with Gasteiger partial charge in [0, 0.05) is 18.7 Å². The monoisotopic (exact) mass is 254 g/mol. The van der Waals surface area contributed by atoms with Crippen LogP contribution in [0.25, 0.3) is 0 Å². The molecule has 3 N–H and O–H groups in total. The van der Waals surface area contributed by atoms with Crippen LogP contribution in [-0.2, 0) is 0 Å². The molecule has 1 aliphatic rings. The lowest BCUT2D eigenvalue weighted by Gasteiger charge is -2.36. The Labute approximate surface area is 99.8 Å². The molecule has 0 bridgehead atoms. The van der Waals surface area contributed by atoms with E-state index < -0.39 is 18.3 Å². The molecule has 1 fully saturated rings. The second-order valence-electron chi connectivity index (χ2n) is 4.75. The van der Waals surface area contributed by atoms with Gasteiger partial charge in [-0.3, -0.25) is 4.90 Å². The van der Waals surface area contributed by atoms with E-state index in [0.29, 0.717) is 19.4 Å². The van der Waals surface area contributed by atoms with Crippen molar-refractivity contribution in [1.82, 2.24) is 4.90 Å². The van der Waals surface area contributed by atoms with Crippen molar-refractivity contribution in [1.29, 1.82) is 0 Å². The summed E-state index contributed by atoms with van der Waals surface area (Å²) < 4.78 is 38.8. The van der Waals surface area contributed by atoms with E-state index in [0.717, 1.165) is 12.8 Å². The van der Waals surface area contributed by atoms with Crippen molar-refractivity contribution in [3.05, 3.63) is 0 Å². The number of aliphatic hydroxyl groups is 1. The van der Waals surface area contributed by atoms with Crippen LogP contribution in [0.1, 0.15) is 32.6 Å². The number of hydrogen-bond donors (Lipinski definition) is 2. The Morgan fingerprint density at radius 1 is 1.47 bits per heavy atom. The highest BCUT2D eigenvalue weighted by Gasteiger charge is 2.48. The maximum absolute atomic E-state index is 12.9. The van der Waals surface area contributed by atoms with Gasteiger partial charge in [0.1, 0.15) is 6.04 Å². The van der Waals surface area contributed by atoms with E-state index >= 15 is 0 Å². The van der Waals surface area contributed by atoms with E-state index in [2.05, 4.69) is 0 Å². The summed E-state index contributed by atoms with van der Waals surface area (Å²) in [5.41, 5.74) is 5.48. The molecule has 1 saturated heterocycles. The largest absolute Gasteiger partial charge is 0.405 e. The van der Waals surface area contributed by atoms with Crippen LogP contribution in [0.2, 0.25) is 0 Å². The van der Waals surface area contributed by atoms with Crippen LogP contribution in [-0.4, -0.2) is 47.5 Å². The molecular formula is C11H21F3N2O. The van der Waals surface area contributed by atoms with Gasteiger partial charge in [0.25, 0.3) is 0 Å². The van der Waals surface area contributed by atoms with E-state index in [1.165, 1.54) is 11.8 Å². The van der Waals surface area contributed by atoms with E-state index in [9.17, 15) is 13.2 Å². The fourth-order valence-corrected chi connectivity index (χ4v) is 2.65. The average Bonchev–Trinajstić information content (AvgIpc) is 2.60. The third-order valence-corrected chi connectivity index (χ3v) is 3.31. The molecule has 0 aromatic heterocycles. The van der Waals surface area contributed by atoms with E-state index in [-0.39, 0.29) is 12.6 Å². The van der Waals surface area contributed by atoms with Crippen LogP contribution in [0.4, 0.5) is 13.2 Å². The first kappa shape index (κ1) is 14.7. The summed E-state index contributed by atoms with van der Waals surface area (Å²) >= 11 is 0. The van der Waals surface area contributed by atoms with Crippen LogP contribution >= 0.6 is 0 Å². The van der Waals surface area contributed by atoms with Crippen molar-refractivity contribution in [3.8, 4) is 0 Å². The summed E-state index contributed by atoms with van der Waals surface area (Å²) in [4.78, 5) is 1.47. The summed E-state index contributed by atoms with van der Waals surface area (Å²) in [6.45, 7) is 1.88. The SMILES string of the molecule is CC(N)C(N1CCCC1CCCO)C(F)(F)F. The van der Waals surface area contributed by atoms with Gasteiger partial charge in [-0.1, -0.05) is 0 Å². The normalized spacial score (nSPS) is 26.1. The first-order valence-electron chi connectivity index (χ1n) is 6.06. The van der Waals surface area contributed by atoms with Gasteiger partial charge in [0.2, 0.25) is 0 Å². The third kappa shape index (κ3) is 3.82. The highest BCUT2D eigenvalue weighted by molar-refractivity contribution is 4.92. The van der Waals surface area contributed by atoms with Crippen molar-refractivity contribution >= 4 is 0 Å². The Morgan fingerprint density at radius 3 is 2.59 bits per heavy atom. The van der Waals surface area contributed by atoms with Crippen LogP contribution < -0.4 is 5.73 Å². The van der Waals surface area contributed by atoms with Gasteiger partial charge in [-0.2, -0.15) is 13.2 Å². The highest BCUT2D eigenvalue weighted by Crippen LogP contribution is 2.33. The molecule has 1 aliphatic heterocycles. The zero-order valence-electron chi connectivity index (χ0n) is 10.1. The van der Waals surface area contributed by atoms with Crippen molar-refractivity contribution < 1.29 is 18.3 Å². The molecule has 0 saturated carbocycles. The number of likely N-dealkylation sites (tertiary alicyclic amines) is 1. The molecule has 0 radical (unpaired) electrons. The topological polar surface area (TPSA) is 49.5 Å². The van der Waals surface area contributed by atoms with Crippen molar-refractivity contribution in [2.75, 3.05) is 13.2 Å². The maximum Gasteiger partial charge on any atom is 0.405 e. The summed E-state index contributed by atoms with van der Waals surface area (Å²) in [5, 5.41) is 8.76. The molecule has 3 unspecified atom stereocenters. The molecule has 0 aliphatic carbocycles. The molecule has 0 aromatic carbocycles. The second-order valence-corrected chi connectivity index (χ2v) is 4.75. The van der Waals surface area contributed by atoms with Crippen molar-refractivity contribution in [3.63, 3.8) is 0 Å². The predicted octanol–water partition coefficient (Wildman–Crippen LogP) is 1.50. The van der Waals surface area contributed by atoms with Crippen LogP contribution in [0.15, 0.2) is 0 Å². The number of alkyl halides is 3. The smallest absolute Gasteiger partial charge is 0.396 e. The predicted molar refractivity (Wildman–Crippen MR) is 59.5 cm³/mol. The molecule has 102 valence electrons. The lowest BCUT2D eigenvalue weighted by Crippen LogP contribution is -2.56. The van der Waals surface area contributed by atoms with Crippen LogP contribution in [0, 0.1) is 0 Å². The average molecular weight is 254 g/mol. The summed E-state index contributed by atoms with van der Waals surface area (Å²) in [7, 11) is 0. The molecule has 3 atom stereocenters. The molecular weight excluding hydrogens is 233 g/mol. The minimum absolute atomic E-state index is 0.0270. The number of nitrogens with two attached hydrogens (primary N) is 1. The number of hydrogen-bond acceptors (Lipinski definition) is 3. The van der Waals surface area contributed by atoms with Crippen molar-refractivity contribution in [2.45, 2.75) is 56.9 Å². The van der Waals surface area contributed by atoms with Crippen LogP contribution in [0.3, 0.4) is 0 Å². The summed E-state index contributed by atoms with van der Waals surface area (Å²) in [6.07, 6.45) is -1.59. The first-order chi connectivity index (χ1) is 7.88. The lowest BCUT2D eigenvalue weighted by molar-refractivity contribution is -0.190. The minimum Gasteiger partial charge on any atom is -0.396 e. The van der Waals surface area contributed by atoms with Crippen LogP contribution in [0.5, 0.6) is 0 Å². The Kier molecular flexibility index (Phi) is 5.22. The van der Waals surface area contributed by atoms with Gasteiger partial charge in [0.15, 0.2) is 0 Å². The second kappa shape index (κ2) is 6.02. The Morgan fingerprint density at radius 2 is 2.12 bits per heavy atom. The highest BCUT2D eigenvalue weighted by atomic mass is 19.4. The lowest BCUT2D eigenvalue weighted by atomic mass is 10.0. The number of rotatable bonds is 5. The third-order valence-electron chi connectivity index (χ3n) is 3.31. The number of halogens is 3. The van der Waals surface area contributed by atoms with E-state index in [1.807, 2.05) is 0 Å². The number of aliphatic hydroxyl groups excluding tert-OH is 1. The maximum atomic E-state index is 12.9. The Bertz CT molecular complexity index is 233. The van der Waals surface area contributed by atoms with Gasteiger partial charge in [-0.05, 0) is 39.2 Å². The zero-order valence-corrected chi connectivity index (χ0v) is 10.1. The zero-order chi connectivity index (χ0) is 13.1. The summed E-state index contributed by atoms with van der Waals surface area (Å²) in [5.74, 6) is 0. The fraction of sp³-hybridized carbons (Fsp3) is 1.00.